The average Bonchev–Trinajstić information content (AvgIpc) is 2.89. The van der Waals surface area contributed by atoms with Crippen LogP contribution in [-0.2, 0) is 16.6 Å². The minimum absolute atomic E-state index is 0.0381. The third kappa shape index (κ3) is 3.39. The van der Waals surface area contributed by atoms with Crippen LogP contribution in [0.25, 0.3) is 0 Å². The Kier molecular flexibility index (Phi) is 3.63. The van der Waals surface area contributed by atoms with Crippen LogP contribution >= 0.6 is 0 Å². The van der Waals surface area contributed by atoms with Crippen molar-refractivity contribution in [3.8, 4) is 0 Å². The highest BCUT2D eigenvalue weighted by Crippen LogP contribution is 2.08. The van der Waals surface area contributed by atoms with Crippen LogP contribution in [0.4, 0.5) is 0 Å². The van der Waals surface area contributed by atoms with E-state index in [0.717, 1.165) is 5.56 Å². The van der Waals surface area contributed by atoms with E-state index in [0.29, 0.717) is 5.69 Å². The lowest BCUT2D eigenvalue weighted by molar-refractivity contribution is 0.0946. The maximum absolute atomic E-state index is 11.6. The molecule has 1 aromatic carbocycles. The number of hydrogen-bond acceptors (Lipinski definition) is 4. The maximum Gasteiger partial charge on any atom is 0.269 e. The molecular formula is C11H12N4O3S. The number of imidazole rings is 1. The Morgan fingerprint density at radius 3 is 2.53 bits per heavy atom. The van der Waals surface area contributed by atoms with E-state index in [4.69, 9.17) is 5.14 Å². The number of carbonyl (C=O) groups excluding carboxylic acids is 1. The molecule has 4 N–H and O–H groups in total. The minimum Gasteiger partial charge on any atom is -0.347 e. The molecule has 1 heterocycles. The largest absolute Gasteiger partial charge is 0.347 e. The first-order valence-electron chi connectivity index (χ1n) is 5.35. The molecule has 0 atom stereocenters. The van der Waals surface area contributed by atoms with Crippen molar-refractivity contribution in [3.05, 3.63) is 48.0 Å². The molecule has 7 nitrogen and oxygen atoms in total. The zero-order valence-corrected chi connectivity index (χ0v) is 10.6. The van der Waals surface area contributed by atoms with Gasteiger partial charge in [-0.05, 0) is 17.7 Å². The number of sulfonamides is 1. The van der Waals surface area contributed by atoms with Crippen LogP contribution in [0.2, 0.25) is 0 Å². The zero-order valence-electron chi connectivity index (χ0n) is 9.83. The van der Waals surface area contributed by atoms with E-state index >= 15 is 0 Å². The fraction of sp³-hybridized carbons (Fsp3) is 0.0909. The minimum atomic E-state index is -3.69. The predicted octanol–water partition coefficient (Wildman–Crippen LogP) is -0.0129. The van der Waals surface area contributed by atoms with E-state index in [1.54, 1.807) is 12.1 Å². The van der Waals surface area contributed by atoms with Gasteiger partial charge in [0, 0.05) is 6.54 Å². The average molecular weight is 280 g/mol. The van der Waals surface area contributed by atoms with Gasteiger partial charge >= 0.3 is 0 Å². The Hall–Kier alpha value is -2.19. The van der Waals surface area contributed by atoms with E-state index in [1.807, 2.05) is 0 Å². The van der Waals surface area contributed by atoms with E-state index in [2.05, 4.69) is 15.3 Å². The van der Waals surface area contributed by atoms with Gasteiger partial charge in [-0.2, -0.15) is 0 Å². The van der Waals surface area contributed by atoms with Crippen LogP contribution in [0.3, 0.4) is 0 Å². The summed E-state index contributed by atoms with van der Waals surface area (Å²) in [6, 6.07) is 5.97. The second-order valence-corrected chi connectivity index (χ2v) is 5.40. The van der Waals surface area contributed by atoms with Gasteiger partial charge in [0.2, 0.25) is 10.0 Å². The van der Waals surface area contributed by atoms with Crippen LogP contribution in [0, 0.1) is 0 Å². The zero-order chi connectivity index (χ0) is 13.9. The standard InChI is InChI=1S/C11H12N4O3S/c12-19(17,18)9-3-1-8(2-4-9)5-14-11(16)10-6-13-7-15-10/h1-4,6-7H,5H2,(H,13,15)(H,14,16)(H2,12,17,18). The number of aromatic nitrogens is 2. The number of hydrogen-bond donors (Lipinski definition) is 3. The van der Waals surface area contributed by atoms with Gasteiger partial charge in [0.05, 0.1) is 17.4 Å². The molecule has 2 rings (SSSR count). The number of rotatable bonds is 4. The molecule has 0 radical (unpaired) electrons. The first-order chi connectivity index (χ1) is 8.97. The van der Waals surface area contributed by atoms with Gasteiger partial charge < -0.3 is 10.3 Å². The van der Waals surface area contributed by atoms with Gasteiger partial charge in [-0.15, -0.1) is 0 Å². The molecule has 0 aliphatic carbocycles. The molecular weight excluding hydrogens is 268 g/mol. The van der Waals surface area contributed by atoms with Crippen molar-refractivity contribution in [2.24, 2.45) is 5.14 Å². The lowest BCUT2D eigenvalue weighted by atomic mass is 10.2. The molecule has 19 heavy (non-hydrogen) atoms. The highest BCUT2D eigenvalue weighted by molar-refractivity contribution is 7.89. The normalized spacial score (nSPS) is 11.2. The molecule has 0 bridgehead atoms. The molecule has 0 saturated carbocycles. The summed E-state index contributed by atoms with van der Waals surface area (Å²) in [5, 5.41) is 7.65. The molecule has 0 fully saturated rings. The van der Waals surface area contributed by atoms with E-state index in [9.17, 15) is 13.2 Å². The number of amides is 1. The summed E-state index contributed by atoms with van der Waals surface area (Å²) >= 11 is 0. The quantitative estimate of drug-likeness (QED) is 0.729. The molecule has 1 amide bonds. The molecule has 0 spiro atoms. The van der Waals surface area contributed by atoms with Crippen LogP contribution < -0.4 is 10.5 Å². The molecule has 1 aromatic heterocycles. The van der Waals surface area contributed by atoms with Crippen molar-refractivity contribution in [1.29, 1.82) is 0 Å². The predicted molar refractivity (Wildman–Crippen MR) is 67.6 cm³/mol. The summed E-state index contributed by atoms with van der Waals surface area (Å²) in [5.41, 5.74) is 1.13. The number of nitrogens with two attached hydrogens (primary N) is 1. The highest BCUT2D eigenvalue weighted by Gasteiger charge is 2.08. The highest BCUT2D eigenvalue weighted by atomic mass is 32.2. The number of aromatic amines is 1. The fourth-order valence-electron chi connectivity index (χ4n) is 1.45. The lowest BCUT2D eigenvalue weighted by Crippen LogP contribution is -2.23. The Morgan fingerprint density at radius 2 is 2.00 bits per heavy atom. The van der Waals surface area contributed by atoms with Gasteiger partial charge in [-0.25, -0.2) is 18.5 Å². The van der Waals surface area contributed by atoms with Gasteiger partial charge in [0.1, 0.15) is 5.69 Å². The van der Waals surface area contributed by atoms with Crippen molar-refractivity contribution < 1.29 is 13.2 Å². The number of primary sulfonamides is 1. The van der Waals surface area contributed by atoms with Gasteiger partial charge in [-0.1, -0.05) is 12.1 Å². The smallest absolute Gasteiger partial charge is 0.269 e. The molecule has 2 aromatic rings. The number of carbonyl (C=O) groups is 1. The van der Waals surface area contributed by atoms with Crippen LogP contribution in [0.15, 0.2) is 41.7 Å². The molecule has 0 aliphatic heterocycles. The number of nitrogens with one attached hydrogen (secondary N) is 2. The third-order valence-corrected chi connectivity index (χ3v) is 3.38. The summed E-state index contributed by atoms with van der Waals surface area (Å²) in [6.07, 6.45) is 2.83. The summed E-state index contributed by atoms with van der Waals surface area (Å²) < 4.78 is 22.1. The molecule has 8 heteroatoms. The van der Waals surface area contributed by atoms with Crippen molar-refractivity contribution in [3.63, 3.8) is 0 Å². The lowest BCUT2D eigenvalue weighted by Gasteiger charge is -2.04. The monoisotopic (exact) mass is 280 g/mol. The Balaban J connectivity index is 1.99. The fourth-order valence-corrected chi connectivity index (χ4v) is 1.97. The summed E-state index contributed by atoms with van der Waals surface area (Å²) in [7, 11) is -3.69. The number of benzene rings is 1. The van der Waals surface area contributed by atoms with Crippen molar-refractivity contribution >= 4 is 15.9 Å². The SMILES string of the molecule is NS(=O)(=O)c1ccc(CNC(=O)c2cnc[nH]2)cc1. The second kappa shape index (κ2) is 5.21. The first kappa shape index (κ1) is 13.2. The number of nitrogens with zero attached hydrogens (tertiary/aromatic N) is 1. The van der Waals surface area contributed by atoms with Gasteiger partial charge in [0.15, 0.2) is 0 Å². The van der Waals surface area contributed by atoms with E-state index in [1.165, 1.54) is 24.7 Å². The summed E-state index contributed by atoms with van der Waals surface area (Å²) in [4.78, 5) is 18.1. The number of H-pyrrole nitrogens is 1. The molecule has 100 valence electrons. The maximum atomic E-state index is 11.6. The van der Waals surface area contributed by atoms with Gasteiger partial charge in [-0.3, -0.25) is 4.79 Å². The summed E-state index contributed by atoms with van der Waals surface area (Å²) in [6.45, 7) is 0.281. The van der Waals surface area contributed by atoms with Gasteiger partial charge in [0.25, 0.3) is 5.91 Å². The second-order valence-electron chi connectivity index (χ2n) is 3.84. The Labute approximate surface area is 109 Å². The Morgan fingerprint density at radius 1 is 1.32 bits per heavy atom. The first-order valence-corrected chi connectivity index (χ1v) is 6.90. The van der Waals surface area contributed by atoms with Crippen LogP contribution in [0.1, 0.15) is 16.1 Å². The van der Waals surface area contributed by atoms with Crippen molar-refractivity contribution in [2.45, 2.75) is 11.4 Å². The molecule has 0 unspecified atom stereocenters. The van der Waals surface area contributed by atoms with Crippen LogP contribution in [0.5, 0.6) is 0 Å². The van der Waals surface area contributed by atoms with E-state index < -0.39 is 10.0 Å². The van der Waals surface area contributed by atoms with Crippen molar-refractivity contribution in [1.82, 2.24) is 15.3 Å². The molecule has 0 aliphatic rings. The van der Waals surface area contributed by atoms with Crippen LogP contribution in [-0.4, -0.2) is 24.3 Å². The molecule has 0 saturated heterocycles. The third-order valence-electron chi connectivity index (χ3n) is 2.45. The topological polar surface area (TPSA) is 118 Å². The van der Waals surface area contributed by atoms with Crippen molar-refractivity contribution in [2.75, 3.05) is 0 Å². The Bertz CT molecular complexity index is 662. The van der Waals surface area contributed by atoms with E-state index in [-0.39, 0.29) is 17.3 Å². The summed E-state index contributed by atoms with van der Waals surface area (Å²) in [5.74, 6) is -0.284.